The molecular weight excluding hydrogens is 250 g/mol. The zero-order valence-electron chi connectivity index (χ0n) is 9.15. The van der Waals surface area contributed by atoms with Crippen molar-refractivity contribution >= 4 is 16.8 Å². The molecule has 0 aliphatic carbocycles. The van der Waals surface area contributed by atoms with Gasteiger partial charge in [-0.2, -0.15) is 0 Å². The van der Waals surface area contributed by atoms with E-state index < -0.39 is 33.7 Å². The van der Waals surface area contributed by atoms with Crippen LogP contribution in [0.3, 0.4) is 0 Å². The Morgan fingerprint density at radius 2 is 1.88 bits per heavy atom. The lowest BCUT2D eigenvalue weighted by Crippen LogP contribution is -2.17. The van der Waals surface area contributed by atoms with Crippen molar-refractivity contribution in [3.05, 3.63) is 35.4 Å². The number of hydrogen-bond donors (Lipinski definition) is 1. The van der Waals surface area contributed by atoms with Crippen LogP contribution in [0.1, 0.15) is 18.9 Å². The Labute approximate surface area is 99.9 Å². The lowest BCUT2D eigenvalue weighted by atomic mass is 10.2. The Bertz CT molecular complexity index is 428. The van der Waals surface area contributed by atoms with Crippen molar-refractivity contribution < 1.29 is 22.9 Å². The Morgan fingerprint density at radius 3 is 2.35 bits per heavy atom. The van der Waals surface area contributed by atoms with Crippen molar-refractivity contribution in [1.29, 1.82) is 0 Å². The number of rotatable bonds is 5. The molecule has 94 valence electrons. The van der Waals surface area contributed by atoms with Crippen LogP contribution in [0.4, 0.5) is 8.78 Å². The lowest BCUT2D eigenvalue weighted by Gasteiger charge is -2.09. The molecule has 2 atom stereocenters. The van der Waals surface area contributed by atoms with Gasteiger partial charge in [0.05, 0.1) is 6.42 Å². The maximum atomic E-state index is 12.9. The highest BCUT2D eigenvalue weighted by atomic mass is 32.2. The largest absolute Gasteiger partial charge is 0.481 e. The summed E-state index contributed by atoms with van der Waals surface area (Å²) >= 11 is 0. The number of hydrogen-bond acceptors (Lipinski definition) is 2. The first kappa shape index (κ1) is 13.8. The van der Waals surface area contributed by atoms with E-state index >= 15 is 0 Å². The summed E-state index contributed by atoms with van der Waals surface area (Å²) in [6, 6.07) is 2.91. The normalized spacial score (nSPS) is 14.3. The summed E-state index contributed by atoms with van der Waals surface area (Å²) in [5.41, 5.74) is 0.262. The molecule has 0 radical (unpaired) electrons. The monoisotopic (exact) mass is 262 g/mol. The van der Waals surface area contributed by atoms with Crippen LogP contribution < -0.4 is 0 Å². The van der Waals surface area contributed by atoms with E-state index in [0.29, 0.717) is 0 Å². The first-order valence-corrected chi connectivity index (χ1v) is 6.30. The van der Waals surface area contributed by atoms with Crippen LogP contribution >= 0.6 is 0 Å². The number of carboxylic acid groups (broad SMARTS) is 1. The molecule has 0 heterocycles. The van der Waals surface area contributed by atoms with E-state index in [0.717, 1.165) is 18.2 Å². The van der Waals surface area contributed by atoms with Crippen LogP contribution in [0.5, 0.6) is 0 Å². The minimum atomic E-state index is -1.47. The van der Waals surface area contributed by atoms with E-state index in [-0.39, 0.29) is 17.7 Å². The van der Waals surface area contributed by atoms with Gasteiger partial charge in [-0.15, -0.1) is 0 Å². The van der Waals surface area contributed by atoms with Crippen LogP contribution in [0.2, 0.25) is 0 Å². The second-order valence-electron chi connectivity index (χ2n) is 3.71. The third-order valence-electron chi connectivity index (χ3n) is 2.14. The van der Waals surface area contributed by atoms with E-state index in [1.54, 1.807) is 0 Å². The second kappa shape index (κ2) is 5.86. The Hall–Kier alpha value is -1.30. The number of carbonyl (C=O) groups is 1. The fraction of sp³-hybridized carbons (Fsp3) is 0.364. The predicted octanol–water partition coefficient (Wildman–Crippen LogP) is 2.08. The first-order valence-electron chi connectivity index (χ1n) is 4.92. The first-order chi connectivity index (χ1) is 7.88. The van der Waals surface area contributed by atoms with E-state index in [1.165, 1.54) is 6.92 Å². The van der Waals surface area contributed by atoms with Crippen LogP contribution in [0.25, 0.3) is 0 Å². The van der Waals surface area contributed by atoms with Crippen molar-refractivity contribution in [2.75, 3.05) is 0 Å². The summed E-state index contributed by atoms with van der Waals surface area (Å²) in [7, 11) is -1.47. The topological polar surface area (TPSA) is 54.4 Å². The van der Waals surface area contributed by atoms with Gasteiger partial charge in [0.15, 0.2) is 0 Å². The SMILES string of the molecule is CC(CC(=O)O)S(=O)Cc1cc(F)cc(F)c1. The molecular formula is C11H12F2O3S. The average molecular weight is 262 g/mol. The third-order valence-corrected chi connectivity index (χ3v) is 3.82. The van der Waals surface area contributed by atoms with Gasteiger partial charge in [-0.1, -0.05) is 6.92 Å². The molecule has 1 aromatic rings. The average Bonchev–Trinajstić information content (AvgIpc) is 2.14. The highest BCUT2D eigenvalue weighted by Gasteiger charge is 2.15. The van der Waals surface area contributed by atoms with E-state index in [4.69, 9.17) is 5.11 Å². The Morgan fingerprint density at radius 1 is 1.35 bits per heavy atom. The van der Waals surface area contributed by atoms with Crippen LogP contribution in [-0.4, -0.2) is 20.5 Å². The molecule has 6 heteroatoms. The standard InChI is InChI=1S/C11H12F2O3S/c1-7(2-11(14)15)17(16)6-8-3-9(12)5-10(13)4-8/h3-5,7H,2,6H2,1H3,(H,14,15). The second-order valence-corrected chi connectivity index (χ2v) is 5.57. The fourth-order valence-electron chi connectivity index (χ4n) is 1.34. The Balaban J connectivity index is 2.70. The zero-order valence-corrected chi connectivity index (χ0v) is 9.97. The maximum Gasteiger partial charge on any atom is 0.304 e. The molecule has 0 saturated heterocycles. The van der Waals surface area contributed by atoms with E-state index in [9.17, 15) is 17.8 Å². The quantitative estimate of drug-likeness (QED) is 0.883. The third kappa shape index (κ3) is 4.60. The van der Waals surface area contributed by atoms with Crippen molar-refractivity contribution in [3.63, 3.8) is 0 Å². The van der Waals surface area contributed by atoms with Gasteiger partial charge >= 0.3 is 5.97 Å². The minimum Gasteiger partial charge on any atom is -0.481 e. The molecule has 0 amide bonds. The predicted molar refractivity (Wildman–Crippen MR) is 59.9 cm³/mol. The summed E-state index contributed by atoms with van der Waals surface area (Å²) in [6.45, 7) is 1.53. The molecule has 1 N–H and O–H groups in total. The number of halogens is 2. The molecule has 1 rings (SSSR count). The van der Waals surface area contributed by atoms with Gasteiger partial charge in [0, 0.05) is 27.9 Å². The summed E-state index contributed by atoms with van der Waals surface area (Å²) < 4.78 is 37.4. The molecule has 0 spiro atoms. The van der Waals surface area contributed by atoms with Crippen molar-refractivity contribution in [2.24, 2.45) is 0 Å². The van der Waals surface area contributed by atoms with Crippen molar-refractivity contribution in [1.82, 2.24) is 0 Å². The molecule has 0 saturated carbocycles. The van der Waals surface area contributed by atoms with Gasteiger partial charge in [0.2, 0.25) is 0 Å². The van der Waals surface area contributed by atoms with Crippen LogP contribution in [0, 0.1) is 11.6 Å². The van der Waals surface area contributed by atoms with Crippen LogP contribution in [-0.2, 0) is 21.3 Å². The molecule has 1 aromatic carbocycles. The maximum absolute atomic E-state index is 12.9. The minimum absolute atomic E-state index is 0.0525. The Kier molecular flexibility index (Phi) is 4.74. The summed E-state index contributed by atoms with van der Waals surface area (Å²) in [5.74, 6) is -2.56. The summed E-state index contributed by atoms with van der Waals surface area (Å²) in [4.78, 5) is 10.4. The molecule has 2 unspecified atom stereocenters. The van der Waals surface area contributed by atoms with Crippen molar-refractivity contribution in [2.45, 2.75) is 24.3 Å². The summed E-state index contributed by atoms with van der Waals surface area (Å²) in [5, 5.41) is 7.98. The molecule has 0 aliphatic rings. The van der Waals surface area contributed by atoms with Gasteiger partial charge in [0.25, 0.3) is 0 Å². The fourth-order valence-corrected chi connectivity index (χ4v) is 2.45. The highest BCUT2D eigenvalue weighted by Crippen LogP contribution is 2.13. The number of carboxylic acids is 1. The van der Waals surface area contributed by atoms with E-state index in [2.05, 4.69) is 0 Å². The highest BCUT2D eigenvalue weighted by molar-refractivity contribution is 7.84. The van der Waals surface area contributed by atoms with Gasteiger partial charge < -0.3 is 5.11 Å². The van der Waals surface area contributed by atoms with Gasteiger partial charge in [-0.25, -0.2) is 8.78 Å². The molecule has 0 aromatic heterocycles. The van der Waals surface area contributed by atoms with Crippen LogP contribution in [0.15, 0.2) is 18.2 Å². The molecule has 0 fully saturated rings. The zero-order chi connectivity index (χ0) is 13.0. The summed E-state index contributed by atoms with van der Waals surface area (Å²) in [6.07, 6.45) is -0.232. The lowest BCUT2D eigenvalue weighted by molar-refractivity contribution is -0.136. The van der Waals surface area contributed by atoms with Crippen molar-refractivity contribution in [3.8, 4) is 0 Å². The molecule has 0 bridgehead atoms. The van der Waals surface area contributed by atoms with Gasteiger partial charge in [-0.3, -0.25) is 9.00 Å². The van der Waals surface area contributed by atoms with Gasteiger partial charge in [0.1, 0.15) is 11.6 Å². The smallest absolute Gasteiger partial charge is 0.304 e. The molecule has 3 nitrogen and oxygen atoms in total. The van der Waals surface area contributed by atoms with Gasteiger partial charge in [-0.05, 0) is 17.7 Å². The number of benzene rings is 1. The molecule has 0 aliphatic heterocycles. The van der Waals surface area contributed by atoms with E-state index in [1.807, 2.05) is 0 Å². The number of aliphatic carboxylic acids is 1. The molecule has 17 heavy (non-hydrogen) atoms.